The molecule has 1 aliphatic carbocycles. The highest BCUT2D eigenvalue weighted by molar-refractivity contribution is 6.00. The molecule has 16 heavy (non-hydrogen) atoms. The van der Waals surface area contributed by atoms with E-state index in [1.54, 1.807) is 6.07 Å². The molecule has 0 unspecified atom stereocenters. The van der Waals surface area contributed by atoms with Crippen LogP contribution in [0.5, 0.6) is 5.75 Å². The lowest BCUT2D eigenvalue weighted by molar-refractivity contribution is -0.385. The molecule has 5 heteroatoms. The van der Waals surface area contributed by atoms with Crippen LogP contribution >= 0.6 is 0 Å². The normalized spacial score (nSPS) is 14.6. The number of benzene rings is 1. The van der Waals surface area contributed by atoms with Crippen LogP contribution in [0, 0.1) is 16.0 Å². The summed E-state index contributed by atoms with van der Waals surface area (Å²) in [5, 5.41) is 10.8. The maximum absolute atomic E-state index is 11.7. The van der Waals surface area contributed by atoms with Crippen molar-refractivity contribution in [2.75, 3.05) is 7.11 Å². The van der Waals surface area contributed by atoms with Gasteiger partial charge in [0.05, 0.1) is 12.0 Å². The monoisotopic (exact) mass is 221 g/mol. The van der Waals surface area contributed by atoms with Crippen molar-refractivity contribution in [3.8, 4) is 5.75 Å². The van der Waals surface area contributed by atoms with Crippen molar-refractivity contribution in [2.45, 2.75) is 12.8 Å². The molecule has 0 aromatic heterocycles. The molecule has 1 saturated carbocycles. The van der Waals surface area contributed by atoms with Gasteiger partial charge in [-0.05, 0) is 25.0 Å². The van der Waals surface area contributed by atoms with Gasteiger partial charge in [-0.3, -0.25) is 14.9 Å². The first-order chi connectivity index (χ1) is 7.63. The number of rotatable bonds is 4. The van der Waals surface area contributed by atoms with Gasteiger partial charge in [0.25, 0.3) is 0 Å². The van der Waals surface area contributed by atoms with Gasteiger partial charge in [-0.25, -0.2) is 0 Å². The van der Waals surface area contributed by atoms with Crippen LogP contribution in [0.4, 0.5) is 5.69 Å². The number of hydrogen-bond acceptors (Lipinski definition) is 4. The van der Waals surface area contributed by atoms with Gasteiger partial charge in [-0.1, -0.05) is 0 Å². The van der Waals surface area contributed by atoms with Crippen LogP contribution in [0.3, 0.4) is 0 Å². The fourth-order valence-electron chi connectivity index (χ4n) is 1.57. The summed E-state index contributed by atoms with van der Waals surface area (Å²) in [5.74, 6) is 0.232. The van der Waals surface area contributed by atoms with Crippen LogP contribution in [0.2, 0.25) is 0 Å². The molecule has 0 atom stereocenters. The molecule has 0 amide bonds. The van der Waals surface area contributed by atoms with E-state index in [0.717, 1.165) is 12.8 Å². The van der Waals surface area contributed by atoms with Crippen molar-refractivity contribution in [2.24, 2.45) is 5.92 Å². The first-order valence-electron chi connectivity index (χ1n) is 5.00. The van der Waals surface area contributed by atoms with Crippen molar-refractivity contribution >= 4 is 11.5 Å². The Morgan fingerprint density at radius 1 is 1.50 bits per heavy atom. The van der Waals surface area contributed by atoms with Gasteiger partial charge in [0.1, 0.15) is 0 Å². The molecule has 5 nitrogen and oxygen atoms in total. The van der Waals surface area contributed by atoms with Crippen LogP contribution in [0.15, 0.2) is 18.2 Å². The minimum absolute atomic E-state index is 0.00856. The van der Waals surface area contributed by atoms with Crippen LogP contribution < -0.4 is 4.74 Å². The first-order valence-corrected chi connectivity index (χ1v) is 5.00. The fraction of sp³-hybridized carbons (Fsp3) is 0.364. The van der Waals surface area contributed by atoms with Gasteiger partial charge < -0.3 is 4.74 Å². The van der Waals surface area contributed by atoms with E-state index in [0.29, 0.717) is 5.56 Å². The second kappa shape index (κ2) is 3.92. The Morgan fingerprint density at radius 3 is 2.69 bits per heavy atom. The van der Waals surface area contributed by atoms with E-state index in [9.17, 15) is 14.9 Å². The number of nitro benzene ring substituents is 1. The lowest BCUT2D eigenvalue weighted by Crippen LogP contribution is -2.03. The summed E-state index contributed by atoms with van der Waals surface area (Å²) in [6, 6.07) is 4.33. The Balaban J connectivity index is 2.37. The van der Waals surface area contributed by atoms with Crippen molar-refractivity contribution in [3.63, 3.8) is 0 Å². The van der Waals surface area contributed by atoms with Crippen molar-refractivity contribution < 1.29 is 14.5 Å². The Hall–Kier alpha value is -1.91. The molecule has 0 N–H and O–H groups in total. The Kier molecular flexibility index (Phi) is 2.60. The molecule has 0 bridgehead atoms. The van der Waals surface area contributed by atoms with E-state index in [2.05, 4.69) is 0 Å². The molecule has 0 saturated heterocycles. The van der Waals surface area contributed by atoms with E-state index in [4.69, 9.17) is 4.74 Å². The minimum Gasteiger partial charge on any atom is -0.490 e. The smallest absolute Gasteiger partial charge is 0.311 e. The lowest BCUT2D eigenvalue weighted by Gasteiger charge is -2.03. The molecule has 0 radical (unpaired) electrons. The number of carbonyl (C=O) groups is 1. The molecule has 1 aliphatic rings. The van der Waals surface area contributed by atoms with Crippen LogP contribution in [-0.4, -0.2) is 17.8 Å². The summed E-state index contributed by atoms with van der Waals surface area (Å²) in [4.78, 5) is 21.9. The Morgan fingerprint density at radius 2 is 2.19 bits per heavy atom. The number of nitro groups is 1. The number of Topliss-reactive ketones (excluding diaryl/α,β-unsaturated/α-hetero) is 1. The Bertz CT molecular complexity index is 451. The predicted molar refractivity (Wildman–Crippen MR) is 56.7 cm³/mol. The number of ether oxygens (including phenoxy) is 1. The van der Waals surface area contributed by atoms with Crippen LogP contribution in [-0.2, 0) is 0 Å². The van der Waals surface area contributed by atoms with Crippen molar-refractivity contribution in [1.82, 2.24) is 0 Å². The number of carbonyl (C=O) groups excluding carboxylic acids is 1. The standard InChI is InChI=1S/C11H11NO4/c1-16-10-5-4-8(6-9(10)12(14)15)11(13)7-2-3-7/h4-7H,2-3H2,1H3. The van der Waals surface area contributed by atoms with Gasteiger partial charge in [0.15, 0.2) is 11.5 Å². The van der Waals surface area contributed by atoms with E-state index >= 15 is 0 Å². The summed E-state index contributed by atoms with van der Waals surface area (Å²) < 4.78 is 4.86. The molecular weight excluding hydrogens is 210 g/mol. The highest BCUT2D eigenvalue weighted by atomic mass is 16.6. The summed E-state index contributed by atoms with van der Waals surface area (Å²) in [5.41, 5.74) is 0.240. The molecule has 0 heterocycles. The highest BCUT2D eigenvalue weighted by Gasteiger charge is 2.31. The van der Waals surface area contributed by atoms with Gasteiger partial charge in [-0.2, -0.15) is 0 Å². The van der Waals surface area contributed by atoms with E-state index < -0.39 is 4.92 Å². The molecule has 2 rings (SSSR count). The maximum atomic E-state index is 11.7. The summed E-state index contributed by atoms with van der Waals surface area (Å²) in [6.07, 6.45) is 1.78. The molecular formula is C11H11NO4. The van der Waals surface area contributed by atoms with Crippen LogP contribution in [0.25, 0.3) is 0 Å². The molecule has 1 aromatic carbocycles. The third-order valence-corrected chi connectivity index (χ3v) is 2.61. The number of ketones is 1. The highest BCUT2D eigenvalue weighted by Crippen LogP contribution is 2.35. The minimum atomic E-state index is -0.539. The topological polar surface area (TPSA) is 69.4 Å². The van der Waals surface area contributed by atoms with Crippen LogP contribution in [0.1, 0.15) is 23.2 Å². The third kappa shape index (κ3) is 1.88. The largest absolute Gasteiger partial charge is 0.490 e. The summed E-state index contributed by atoms with van der Waals surface area (Å²) in [7, 11) is 1.37. The van der Waals surface area contributed by atoms with E-state index in [1.807, 2.05) is 0 Å². The number of methoxy groups -OCH3 is 1. The zero-order valence-electron chi connectivity index (χ0n) is 8.80. The second-order valence-corrected chi connectivity index (χ2v) is 3.78. The third-order valence-electron chi connectivity index (χ3n) is 2.61. The Labute approximate surface area is 92.2 Å². The van der Waals surface area contributed by atoms with Gasteiger partial charge in [0, 0.05) is 17.5 Å². The molecule has 0 aliphatic heterocycles. The first kappa shape index (κ1) is 10.6. The number of hydrogen-bond donors (Lipinski definition) is 0. The predicted octanol–water partition coefficient (Wildman–Crippen LogP) is 2.20. The van der Waals surface area contributed by atoms with Crippen molar-refractivity contribution in [3.05, 3.63) is 33.9 Å². The summed E-state index contributed by atoms with van der Waals surface area (Å²) in [6.45, 7) is 0. The summed E-state index contributed by atoms with van der Waals surface area (Å²) >= 11 is 0. The van der Waals surface area contributed by atoms with Gasteiger partial charge >= 0.3 is 5.69 Å². The zero-order valence-corrected chi connectivity index (χ0v) is 8.80. The van der Waals surface area contributed by atoms with Gasteiger partial charge in [0.2, 0.25) is 0 Å². The number of nitrogens with zero attached hydrogens (tertiary/aromatic N) is 1. The zero-order chi connectivity index (χ0) is 11.7. The fourth-order valence-corrected chi connectivity index (χ4v) is 1.57. The average molecular weight is 221 g/mol. The molecule has 1 aromatic rings. The SMILES string of the molecule is COc1ccc(C(=O)C2CC2)cc1[N+](=O)[O-]. The molecule has 1 fully saturated rings. The van der Waals surface area contributed by atoms with E-state index in [1.165, 1.54) is 19.2 Å². The van der Waals surface area contributed by atoms with Crippen molar-refractivity contribution in [1.29, 1.82) is 0 Å². The second-order valence-electron chi connectivity index (χ2n) is 3.78. The average Bonchev–Trinajstić information content (AvgIpc) is 3.11. The molecule has 0 spiro atoms. The van der Waals surface area contributed by atoms with E-state index in [-0.39, 0.29) is 23.1 Å². The maximum Gasteiger partial charge on any atom is 0.311 e. The van der Waals surface area contributed by atoms with Gasteiger partial charge in [-0.15, -0.1) is 0 Å². The molecule has 84 valence electrons. The lowest BCUT2D eigenvalue weighted by atomic mass is 10.1. The quantitative estimate of drug-likeness (QED) is 0.444.